The Morgan fingerprint density at radius 2 is 1.83 bits per heavy atom. The Labute approximate surface area is 147 Å². The number of Topliss-reactive ketones (excluding diaryl/α,β-unsaturated/α-hetero) is 1. The highest BCUT2D eigenvalue weighted by Crippen LogP contribution is 2.41. The summed E-state index contributed by atoms with van der Waals surface area (Å²) in [5.74, 6) is 5.28. The number of nitrogens with zero attached hydrogens (tertiary/aromatic N) is 1. The molecule has 3 rings (SSSR count). The van der Waals surface area contributed by atoms with Crippen LogP contribution >= 0.6 is 12.4 Å². The predicted molar refractivity (Wildman–Crippen MR) is 97.2 cm³/mol. The molecule has 1 aliphatic rings. The minimum Gasteiger partial charge on any atom is -0.321 e. The Kier molecular flexibility index (Phi) is 5.08. The van der Waals surface area contributed by atoms with Gasteiger partial charge in [-0.15, -0.1) is 12.4 Å². The van der Waals surface area contributed by atoms with E-state index in [-0.39, 0.29) is 30.0 Å². The van der Waals surface area contributed by atoms with E-state index in [1.807, 2.05) is 31.2 Å². The largest absolute Gasteiger partial charge is 0.321 e. The van der Waals surface area contributed by atoms with E-state index in [1.165, 1.54) is 0 Å². The number of carbonyl (C=O) groups is 2. The average molecular weight is 346 g/mol. The molecule has 2 aromatic carbocycles. The van der Waals surface area contributed by atoms with E-state index < -0.39 is 6.04 Å². The van der Waals surface area contributed by atoms with E-state index in [2.05, 4.69) is 0 Å². The van der Waals surface area contributed by atoms with Crippen molar-refractivity contribution in [3.05, 3.63) is 53.6 Å². The third-order valence-corrected chi connectivity index (χ3v) is 4.29. The van der Waals surface area contributed by atoms with Gasteiger partial charge in [-0.3, -0.25) is 9.59 Å². The molecule has 6 heteroatoms. The monoisotopic (exact) mass is 345 g/mol. The molecule has 2 aromatic rings. The first kappa shape index (κ1) is 18.1. The number of hydrogen-bond donors (Lipinski definition) is 2. The molecule has 1 unspecified atom stereocenters. The van der Waals surface area contributed by atoms with Gasteiger partial charge in [0.25, 0.3) is 0 Å². The fourth-order valence-corrected chi connectivity index (χ4v) is 3.04. The zero-order valence-corrected chi connectivity index (χ0v) is 14.3. The average Bonchev–Trinajstić information content (AvgIpc) is 2.65. The molecule has 126 valence electrons. The molecule has 2 atom stereocenters. The van der Waals surface area contributed by atoms with Crippen molar-refractivity contribution in [2.24, 2.45) is 11.6 Å². The van der Waals surface area contributed by atoms with E-state index in [1.54, 1.807) is 25.1 Å². The Morgan fingerprint density at radius 1 is 1.17 bits per heavy atom. The van der Waals surface area contributed by atoms with Gasteiger partial charge in [0, 0.05) is 11.1 Å². The van der Waals surface area contributed by atoms with E-state index in [0.717, 1.165) is 16.1 Å². The molecule has 0 fully saturated rings. The Balaban J connectivity index is 0.00000208. The van der Waals surface area contributed by atoms with Crippen LogP contribution < -0.4 is 16.6 Å². The SMILES string of the molecule is CC1C(=O)N(N)c2cccc(C(=O)[C@H](C)N)c2-c2ccccc21.Cl. The summed E-state index contributed by atoms with van der Waals surface area (Å²) in [6.45, 7) is 3.47. The first-order valence-electron chi connectivity index (χ1n) is 7.54. The number of hydrogen-bond acceptors (Lipinski definition) is 4. The molecule has 24 heavy (non-hydrogen) atoms. The first-order valence-corrected chi connectivity index (χ1v) is 7.54. The number of ketones is 1. The van der Waals surface area contributed by atoms with Crippen LogP contribution in [-0.2, 0) is 4.79 Å². The first-order chi connectivity index (χ1) is 10.9. The molecule has 0 saturated carbocycles. The fourth-order valence-electron chi connectivity index (χ4n) is 3.04. The zero-order chi connectivity index (χ0) is 16.7. The molecule has 1 heterocycles. The topological polar surface area (TPSA) is 89.4 Å². The lowest BCUT2D eigenvalue weighted by Crippen LogP contribution is -2.39. The molecule has 0 aromatic heterocycles. The van der Waals surface area contributed by atoms with Crippen LogP contribution in [0.3, 0.4) is 0 Å². The van der Waals surface area contributed by atoms with Crippen LogP contribution in [0.4, 0.5) is 5.69 Å². The van der Waals surface area contributed by atoms with Gasteiger partial charge >= 0.3 is 0 Å². The van der Waals surface area contributed by atoms with Crippen LogP contribution in [0.2, 0.25) is 0 Å². The highest BCUT2D eigenvalue weighted by molar-refractivity contribution is 6.12. The number of carbonyl (C=O) groups excluding carboxylic acids is 2. The minimum absolute atomic E-state index is 0. The summed E-state index contributed by atoms with van der Waals surface area (Å²) in [5, 5.41) is 1.14. The molecular formula is C18H20ClN3O2. The van der Waals surface area contributed by atoms with Crippen molar-refractivity contribution in [3.63, 3.8) is 0 Å². The number of fused-ring (bicyclic) bond motifs is 3. The number of benzene rings is 2. The van der Waals surface area contributed by atoms with Crippen LogP contribution in [-0.4, -0.2) is 17.7 Å². The van der Waals surface area contributed by atoms with Gasteiger partial charge in [-0.25, -0.2) is 10.9 Å². The number of hydrazine groups is 1. The summed E-state index contributed by atoms with van der Waals surface area (Å²) < 4.78 is 0. The third-order valence-electron chi connectivity index (χ3n) is 4.29. The number of amides is 1. The summed E-state index contributed by atoms with van der Waals surface area (Å²) in [6.07, 6.45) is 0. The Bertz CT molecular complexity index is 805. The molecular weight excluding hydrogens is 326 g/mol. The number of rotatable bonds is 2. The second-order valence-electron chi connectivity index (χ2n) is 5.87. The van der Waals surface area contributed by atoms with Gasteiger partial charge in [0.1, 0.15) is 0 Å². The van der Waals surface area contributed by atoms with Crippen LogP contribution in [0, 0.1) is 0 Å². The molecule has 0 spiro atoms. The van der Waals surface area contributed by atoms with Crippen LogP contribution in [0.25, 0.3) is 11.1 Å². The summed E-state index contributed by atoms with van der Waals surface area (Å²) in [5.41, 5.74) is 9.18. The normalized spacial score (nSPS) is 17.2. The number of anilines is 1. The van der Waals surface area contributed by atoms with Gasteiger partial charge in [-0.2, -0.15) is 0 Å². The molecule has 0 saturated heterocycles. The van der Waals surface area contributed by atoms with Gasteiger partial charge in [-0.1, -0.05) is 36.4 Å². The number of nitrogens with two attached hydrogens (primary N) is 2. The quantitative estimate of drug-likeness (QED) is 0.497. The molecule has 1 amide bonds. The van der Waals surface area contributed by atoms with Crippen molar-refractivity contribution in [2.75, 3.05) is 5.01 Å². The maximum absolute atomic E-state index is 12.6. The van der Waals surface area contributed by atoms with Crippen molar-refractivity contribution < 1.29 is 9.59 Å². The Hall–Kier alpha value is -2.21. The maximum Gasteiger partial charge on any atom is 0.248 e. The lowest BCUT2D eigenvalue weighted by molar-refractivity contribution is -0.119. The lowest BCUT2D eigenvalue weighted by Gasteiger charge is -2.20. The molecule has 0 aliphatic carbocycles. The fraction of sp³-hybridized carbons (Fsp3) is 0.222. The summed E-state index contributed by atoms with van der Waals surface area (Å²) in [7, 11) is 0. The van der Waals surface area contributed by atoms with Crippen LogP contribution in [0.5, 0.6) is 0 Å². The second kappa shape index (κ2) is 6.73. The maximum atomic E-state index is 12.6. The van der Waals surface area contributed by atoms with Crippen molar-refractivity contribution in [1.29, 1.82) is 0 Å². The van der Waals surface area contributed by atoms with E-state index in [9.17, 15) is 9.59 Å². The second-order valence-corrected chi connectivity index (χ2v) is 5.87. The summed E-state index contributed by atoms with van der Waals surface area (Å²) in [4.78, 5) is 25.1. The lowest BCUT2D eigenvalue weighted by atomic mass is 9.88. The van der Waals surface area contributed by atoms with Crippen molar-refractivity contribution in [1.82, 2.24) is 0 Å². The Morgan fingerprint density at radius 3 is 2.50 bits per heavy atom. The minimum atomic E-state index is -0.628. The van der Waals surface area contributed by atoms with E-state index in [0.29, 0.717) is 16.8 Å². The van der Waals surface area contributed by atoms with Crippen LogP contribution in [0.15, 0.2) is 42.5 Å². The third kappa shape index (κ3) is 2.71. The van der Waals surface area contributed by atoms with Gasteiger partial charge in [-0.05, 0) is 31.0 Å². The van der Waals surface area contributed by atoms with Gasteiger partial charge < -0.3 is 5.73 Å². The van der Waals surface area contributed by atoms with Crippen molar-refractivity contribution >= 4 is 29.8 Å². The number of halogens is 1. The highest BCUT2D eigenvalue weighted by Gasteiger charge is 2.32. The molecule has 4 N–H and O–H groups in total. The van der Waals surface area contributed by atoms with Gasteiger partial charge in [0.2, 0.25) is 5.91 Å². The van der Waals surface area contributed by atoms with Crippen molar-refractivity contribution in [3.8, 4) is 11.1 Å². The molecule has 0 radical (unpaired) electrons. The molecule has 0 bridgehead atoms. The highest BCUT2D eigenvalue weighted by atomic mass is 35.5. The van der Waals surface area contributed by atoms with Crippen LogP contribution in [0.1, 0.15) is 35.7 Å². The molecule has 1 aliphatic heterocycles. The van der Waals surface area contributed by atoms with E-state index >= 15 is 0 Å². The van der Waals surface area contributed by atoms with E-state index in [4.69, 9.17) is 11.6 Å². The van der Waals surface area contributed by atoms with Gasteiger partial charge in [0.05, 0.1) is 17.6 Å². The standard InChI is InChI=1S/C18H19N3O2.ClH/c1-10-12-6-3-4-7-13(12)16-14(17(22)11(2)19)8-5-9-15(16)21(20)18(10)23;/h3-11H,19-20H2,1-2H3;1H/t10?,11-;/m0./s1. The zero-order valence-electron chi connectivity index (χ0n) is 13.5. The smallest absolute Gasteiger partial charge is 0.248 e. The van der Waals surface area contributed by atoms with Crippen molar-refractivity contribution in [2.45, 2.75) is 25.8 Å². The summed E-state index contributed by atoms with van der Waals surface area (Å²) in [6, 6.07) is 12.2. The van der Waals surface area contributed by atoms with Gasteiger partial charge in [0.15, 0.2) is 5.78 Å². The summed E-state index contributed by atoms with van der Waals surface area (Å²) >= 11 is 0. The predicted octanol–water partition coefficient (Wildman–Crippen LogP) is 2.63. The molecule has 5 nitrogen and oxygen atoms in total.